The molecular formula is C18H19FO3. The van der Waals surface area contributed by atoms with E-state index in [1.165, 1.54) is 13.2 Å². The predicted molar refractivity (Wildman–Crippen MR) is 81.3 cm³/mol. The first-order valence-electron chi connectivity index (χ1n) is 7.40. The van der Waals surface area contributed by atoms with Crippen molar-refractivity contribution in [1.29, 1.82) is 0 Å². The number of Topliss-reactive ketones (excluding diaryl/α,β-unsaturated/α-hetero) is 2. The number of carbonyl (C=O) groups excluding carboxylic acids is 2. The lowest BCUT2D eigenvalue weighted by Gasteiger charge is -2.27. The second-order valence-electron chi connectivity index (χ2n) is 5.39. The molecule has 2 atom stereocenters. The van der Waals surface area contributed by atoms with Gasteiger partial charge in [-0.05, 0) is 31.9 Å². The largest absolute Gasteiger partial charge is 0.496 e. The molecule has 2 unspecified atom stereocenters. The molecule has 3 nitrogen and oxygen atoms in total. The number of ether oxygens (including phenoxy) is 1. The van der Waals surface area contributed by atoms with E-state index < -0.39 is 11.7 Å². The zero-order valence-electron chi connectivity index (χ0n) is 13.0. The van der Waals surface area contributed by atoms with E-state index in [1.54, 1.807) is 13.0 Å². The zero-order valence-corrected chi connectivity index (χ0v) is 13.0. The molecule has 0 radical (unpaired) electrons. The maximum Gasteiger partial charge on any atom is 0.151 e. The molecule has 1 fully saturated rings. The number of rotatable bonds is 3. The van der Waals surface area contributed by atoms with Crippen LogP contribution < -0.4 is 4.74 Å². The molecule has 22 heavy (non-hydrogen) atoms. The Labute approximate surface area is 129 Å². The van der Waals surface area contributed by atoms with Gasteiger partial charge in [0.2, 0.25) is 0 Å². The lowest BCUT2D eigenvalue weighted by Crippen LogP contribution is -2.34. The van der Waals surface area contributed by atoms with Gasteiger partial charge in [-0.15, -0.1) is 5.92 Å². The number of benzene rings is 1. The molecule has 1 aliphatic carbocycles. The number of ketones is 2. The highest BCUT2D eigenvalue weighted by molar-refractivity contribution is 6.10. The maximum atomic E-state index is 14.5. The number of hydrogen-bond acceptors (Lipinski definition) is 3. The van der Waals surface area contributed by atoms with Crippen LogP contribution in [0, 0.1) is 23.6 Å². The Bertz CT molecular complexity index is 667. The van der Waals surface area contributed by atoms with Crippen molar-refractivity contribution in [3.05, 3.63) is 29.1 Å². The molecule has 0 amide bonds. The summed E-state index contributed by atoms with van der Waals surface area (Å²) in [6.45, 7) is 3.56. The van der Waals surface area contributed by atoms with Crippen LogP contribution >= 0.6 is 0 Å². The molecule has 0 heterocycles. The van der Waals surface area contributed by atoms with Crippen LogP contribution in [0.5, 0.6) is 5.75 Å². The summed E-state index contributed by atoms with van der Waals surface area (Å²) in [4.78, 5) is 24.8. The van der Waals surface area contributed by atoms with Gasteiger partial charge in [0, 0.05) is 23.5 Å². The molecule has 1 aromatic rings. The predicted octanol–water partition coefficient (Wildman–Crippen LogP) is 3.25. The molecular weight excluding hydrogens is 283 g/mol. The molecule has 4 heteroatoms. The highest BCUT2D eigenvalue weighted by Crippen LogP contribution is 2.38. The van der Waals surface area contributed by atoms with Gasteiger partial charge in [0.15, 0.2) is 5.78 Å². The molecule has 0 aliphatic heterocycles. The third-order valence-electron chi connectivity index (χ3n) is 4.11. The number of halogens is 1. The van der Waals surface area contributed by atoms with Crippen LogP contribution in [-0.4, -0.2) is 18.7 Å². The number of carbonyl (C=O) groups is 2. The molecule has 1 aliphatic rings. The summed E-state index contributed by atoms with van der Waals surface area (Å²) < 4.78 is 19.8. The molecule has 1 saturated carbocycles. The molecule has 1 aromatic carbocycles. The van der Waals surface area contributed by atoms with Crippen molar-refractivity contribution >= 4 is 11.6 Å². The van der Waals surface area contributed by atoms with Gasteiger partial charge in [0.1, 0.15) is 23.3 Å². The summed E-state index contributed by atoms with van der Waals surface area (Å²) >= 11 is 0. The van der Waals surface area contributed by atoms with E-state index >= 15 is 0 Å². The summed E-state index contributed by atoms with van der Waals surface area (Å²) in [6, 6.07) is 2.83. The van der Waals surface area contributed by atoms with Crippen LogP contribution in [-0.2, 0) is 9.59 Å². The van der Waals surface area contributed by atoms with Gasteiger partial charge in [-0.2, -0.15) is 0 Å². The molecule has 0 N–H and O–H groups in total. The summed E-state index contributed by atoms with van der Waals surface area (Å²) in [5.74, 6) is 3.35. The Kier molecular flexibility index (Phi) is 4.97. The third-order valence-corrected chi connectivity index (χ3v) is 4.11. The van der Waals surface area contributed by atoms with Crippen molar-refractivity contribution in [2.75, 3.05) is 7.11 Å². The maximum absolute atomic E-state index is 14.5. The van der Waals surface area contributed by atoms with Crippen molar-refractivity contribution in [2.24, 2.45) is 5.92 Å². The smallest absolute Gasteiger partial charge is 0.151 e. The minimum Gasteiger partial charge on any atom is -0.496 e. The number of hydrogen-bond donors (Lipinski definition) is 0. The monoisotopic (exact) mass is 302 g/mol. The zero-order chi connectivity index (χ0) is 16.3. The SMILES string of the molecule is CC#Cc1cc(F)c(C2C(=O)CCC(CC)C2=O)c(OC)c1. The van der Waals surface area contributed by atoms with E-state index in [0.717, 1.165) is 0 Å². The van der Waals surface area contributed by atoms with Crippen LogP contribution in [0.3, 0.4) is 0 Å². The van der Waals surface area contributed by atoms with Crippen LogP contribution in [0.4, 0.5) is 4.39 Å². The van der Waals surface area contributed by atoms with Crippen molar-refractivity contribution in [2.45, 2.75) is 39.0 Å². The molecule has 0 spiro atoms. The van der Waals surface area contributed by atoms with Crippen molar-refractivity contribution in [3.63, 3.8) is 0 Å². The molecule has 0 saturated heterocycles. The summed E-state index contributed by atoms with van der Waals surface area (Å²) in [5, 5.41) is 0. The fourth-order valence-electron chi connectivity index (χ4n) is 2.96. The van der Waals surface area contributed by atoms with Gasteiger partial charge >= 0.3 is 0 Å². The van der Waals surface area contributed by atoms with E-state index in [0.29, 0.717) is 24.8 Å². The second-order valence-corrected chi connectivity index (χ2v) is 5.39. The van der Waals surface area contributed by atoms with Crippen molar-refractivity contribution in [1.82, 2.24) is 0 Å². The summed E-state index contributed by atoms with van der Waals surface area (Å²) in [5.41, 5.74) is 0.514. The van der Waals surface area contributed by atoms with Gasteiger partial charge in [0.05, 0.1) is 7.11 Å². The summed E-state index contributed by atoms with van der Waals surface area (Å²) in [6.07, 6.45) is 1.51. The minimum absolute atomic E-state index is 0.0531. The van der Waals surface area contributed by atoms with Gasteiger partial charge in [-0.3, -0.25) is 9.59 Å². The van der Waals surface area contributed by atoms with Crippen LogP contribution in [0.1, 0.15) is 50.2 Å². The molecule has 0 aromatic heterocycles. The lowest BCUT2D eigenvalue weighted by atomic mass is 9.74. The average Bonchev–Trinajstić information content (AvgIpc) is 2.49. The van der Waals surface area contributed by atoms with Gasteiger partial charge in [-0.25, -0.2) is 4.39 Å². The van der Waals surface area contributed by atoms with Gasteiger partial charge in [-0.1, -0.05) is 12.8 Å². The lowest BCUT2D eigenvalue weighted by molar-refractivity contribution is -0.135. The average molecular weight is 302 g/mol. The van der Waals surface area contributed by atoms with E-state index in [2.05, 4.69) is 11.8 Å². The van der Waals surface area contributed by atoms with Crippen molar-refractivity contribution in [3.8, 4) is 17.6 Å². The Morgan fingerprint density at radius 1 is 1.36 bits per heavy atom. The van der Waals surface area contributed by atoms with E-state index in [-0.39, 0.29) is 28.8 Å². The molecule has 2 rings (SSSR count). The topological polar surface area (TPSA) is 43.4 Å². The highest BCUT2D eigenvalue weighted by Gasteiger charge is 2.40. The fourth-order valence-corrected chi connectivity index (χ4v) is 2.96. The first-order chi connectivity index (χ1) is 10.5. The standard InChI is InChI=1S/C18H19FO3/c1-4-6-11-9-13(19)16(15(10-11)22-3)17-14(20)8-7-12(5-2)18(17)21/h9-10,12,17H,5,7-8H2,1-3H3. The van der Waals surface area contributed by atoms with Gasteiger partial charge in [0.25, 0.3) is 0 Å². The first-order valence-corrected chi connectivity index (χ1v) is 7.40. The quantitative estimate of drug-likeness (QED) is 0.636. The Hall–Kier alpha value is -2.15. The van der Waals surface area contributed by atoms with E-state index in [4.69, 9.17) is 4.74 Å². The Morgan fingerprint density at radius 2 is 2.09 bits per heavy atom. The van der Waals surface area contributed by atoms with Crippen LogP contribution in [0.2, 0.25) is 0 Å². The van der Waals surface area contributed by atoms with Gasteiger partial charge < -0.3 is 4.74 Å². The molecule has 0 bridgehead atoms. The molecule has 116 valence electrons. The van der Waals surface area contributed by atoms with Crippen molar-refractivity contribution < 1.29 is 18.7 Å². The third kappa shape index (κ3) is 2.89. The highest BCUT2D eigenvalue weighted by atomic mass is 19.1. The number of methoxy groups -OCH3 is 1. The minimum atomic E-state index is -1.06. The van der Waals surface area contributed by atoms with Crippen LogP contribution in [0.15, 0.2) is 12.1 Å². The fraction of sp³-hybridized carbons (Fsp3) is 0.444. The van der Waals surface area contributed by atoms with E-state index in [9.17, 15) is 14.0 Å². The normalized spacial score (nSPS) is 21.3. The first kappa shape index (κ1) is 16.2. The Balaban J connectivity index is 2.56. The summed E-state index contributed by atoms with van der Waals surface area (Å²) in [7, 11) is 1.40. The second kappa shape index (κ2) is 6.74. The van der Waals surface area contributed by atoms with Crippen LogP contribution in [0.25, 0.3) is 0 Å². The van der Waals surface area contributed by atoms with E-state index in [1.807, 2.05) is 6.92 Å². The Morgan fingerprint density at radius 3 is 2.68 bits per heavy atom.